The first kappa shape index (κ1) is 9.81. The number of rotatable bonds is 2. The zero-order valence-corrected chi connectivity index (χ0v) is 8.97. The summed E-state index contributed by atoms with van der Waals surface area (Å²) in [7, 11) is 1.97. The van der Waals surface area contributed by atoms with Crippen molar-refractivity contribution in [3.8, 4) is 5.75 Å². The lowest BCUT2D eigenvalue weighted by atomic mass is 9.93. The number of nitrogens with one attached hydrogen (secondary N) is 1. The van der Waals surface area contributed by atoms with Crippen molar-refractivity contribution in [2.75, 3.05) is 20.2 Å². The fourth-order valence-corrected chi connectivity index (χ4v) is 2.08. The summed E-state index contributed by atoms with van der Waals surface area (Å²) < 4.78 is 5.57. The van der Waals surface area contributed by atoms with Crippen LogP contribution in [0.5, 0.6) is 5.75 Å². The number of hydrogen-bond acceptors (Lipinski definition) is 2. The van der Waals surface area contributed by atoms with Crippen molar-refractivity contribution in [2.45, 2.75) is 12.3 Å². The number of fused-ring (bicyclic) bond motifs is 1. The molecule has 1 aliphatic heterocycles. The minimum absolute atomic E-state index is 0.530. The molecule has 1 aromatic carbocycles. The molecule has 2 rings (SSSR count). The second-order valence-corrected chi connectivity index (χ2v) is 4.01. The molecule has 1 atom stereocenters. The molecule has 3 heteroatoms. The van der Waals surface area contributed by atoms with Gasteiger partial charge in [-0.3, -0.25) is 0 Å². The van der Waals surface area contributed by atoms with Gasteiger partial charge in [-0.05, 0) is 31.7 Å². The normalized spacial score (nSPS) is 20.0. The van der Waals surface area contributed by atoms with E-state index in [1.54, 1.807) is 0 Å². The third-order valence-electron chi connectivity index (χ3n) is 2.59. The van der Waals surface area contributed by atoms with Crippen molar-refractivity contribution in [1.29, 1.82) is 0 Å². The maximum absolute atomic E-state index is 5.97. The first-order valence-electron chi connectivity index (χ1n) is 4.88. The highest BCUT2D eigenvalue weighted by molar-refractivity contribution is 6.30. The summed E-state index contributed by atoms with van der Waals surface area (Å²) in [5.74, 6) is 1.52. The van der Waals surface area contributed by atoms with E-state index in [4.69, 9.17) is 16.3 Å². The van der Waals surface area contributed by atoms with E-state index < -0.39 is 0 Å². The molecule has 0 saturated carbocycles. The van der Waals surface area contributed by atoms with Crippen molar-refractivity contribution in [2.24, 2.45) is 0 Å². The van der Waals surface area contributed by atoms with E-state index >= 15 is 0 Å². The summed E-state index contributed by atoms with van der Waals surface area (Å²) in [6, 6.07) is 5.85. The SMILES string of the molecule is CNCC1CCOc2ccc(Cl)cc21. The van der Waals surface area contributed by atoms with Gasteiger partial charge in [0, 0.05) is 23.0 Å². The standard InChI is InChI=1S/C11H14ClNO/c1-13-7-8-4-5-14-11-3-2-9(12)6-10(8)11/h2-3,6,8,13H,4-5,7H2,1H3. The average molecular weight is 212 g/mol. The van der Waals surface area contributed by atoms with Crippen molar-refractivity contribution in [3.05, 3.63) is 28.8 Å². The van der Waals surface area contributed by atoms with E-state index in [9.17, 15) is 0 Å². The van der Waals surface area contributed by atoms with Crippen LogP contribution in [0.1, 0.15) is 17.9 Å². The summed E-state index contributed by atoms with van der Waals surface area (Å²) in [5, 5.41) is 3.99. The highest BCUT2D eigenvalue weighted by Crippen LogP contribution is 2.34. The van der Waals surface area contributed by atoms with Crippen LogP contribution in [0.25, 0.3) is 0 Å². The fraction of sp³-hybridized carbons (Fsp3) is 0.455. The van der Waals surface area contributed by atoms with Gasteiger partial charge in [0.15, 0.2) is 0 Å². The van der Waals surface area contributed by atoms with Gasteiger partial charge < -0.3 is 10.1 Å². The van der Waals surface area contributed by atoms with Crippen LogP contribution in [-0.2, 0) is 0 Å². The largest absolute Gasteiger partial charge is 0.493 e. The molecule has 0 bridgehead atoms. The molecular weight excluding hydrogens is 198 g/mol. The second-order valence-electron chi connectivity index (χ2n) is 3.57. The number of ether oxygens (including phenoxy) is 1. The van der Waals surface area contributed by atoms with Crippen LogP contribution in [0.2, 0.25) is 5.02 Å². The molecule has 1 heterocycles. The summed E-state index contributed by atoms with van der Waals surface area (Å²) in [5.41, 5.74) is 1.23. The molecule has 0 amide bonds. The van der Waals surface area contributed by atoms with Crippen LogP contribution >= 0.6 is 11.6 Å². The minimum atomic E-state index is 0.530. The van der Waals surface area contributed by atoms with E-state index in [1.165, 1.54) is 5.56 Å². The molecule has 0 aromatic heterocycles. The van der Waals surface area contributed by atoms with Gasteiger partial charge in [0.25, 0.3) is 0 Å². The molecule has 1 aliphatic rings. The lowest BCUT2D eigenvalue weighted by molar-refractivity contribution is 0.266. The van der Waals surface area contributed by atoms with Crippen molar-refractivity contribution in [1.82, 2.24) is 5.32 Å². The van der Waals surface area contributed by atoms with Gasteiger partial charge in [-0.1, -0.05) is 11.6 Å². The molecule has 0 aliphatic carbocycles. The predicted octanol–water partition coefficient (Wildman–Crippen LogP) is 2.43. The monoisotopic (exact) mass is 211 g/mol. The number of benzene rings is 1. The third kappa shape index (κ3) is 1.86. The maximum atomic E-state index is 5.97. The smallest absolute Gasteiger partial charge is 0.122 e. The predicted molar refractivity (Wildman–Crippen MR) is 58.2 cm³/mol. The molecule has 1 N–H and O–H groups in total. The van der Waals surface area contributed by atoms with Gasteiger partial charge in [0.05, 0.1) is 6.61 Å². The van der Waals surface area contributed by atoms with Crippen molar-refractivity contribution < 1.29 is 4.74 Å². The highest BCUT2D eigenvalue weighted by Gasteiger charge is 2.20. The lowest BCUT2D eigenvalue weighted by Gasteiger charge is -2.25. The van der Waals surface area contributed by atoms with Gasteiger partial charge in [0.1, 0.15) is 5.75 Å². The Morgan fingerprint density at radius 1 is 1.57 bits per heavy atom. The molecule has 0 saturated heterocycles. The highest BCUT2D eigenvalue weighted by atomic mass is 35.5. The van der Waals surface area contributed by atoms with E-state index in [0.717, 1.165) is 30.3 Å². The zero-order valence-electron chi connectivity index (χ0n) is 8.22. The Morgan fingerprint density at radius 3 is 3.21 bits per heavy atom. The third-order valence-corrected chi connectivity index (χ3v) is 2.82. The van der Waals surface area contributed by atoms with Crippen LogP contribution in [0, 0.1) is 0 Å². The molecule has 1 aromatic rings. The van der Waals surface area contributed by atoms with Crippen LogP contribution in [0.4, 0.5) is 0 Å². The molecule has 0 radical (unpaired) electrons. The summed E-state index contributed by atoms with van der Waals surface area (Å²) in [6.45, 7) is 1.79. The summed E-state index contributed by atoms with van der Waals surface area (Å²) in [4.78, 5) is 0. The quantitative estimate of drug-likeness (QED) is 0.812. The zero-order chi connectivity index (χ0) is 9.97. The fourth-order valence-electron chi connectivity index (χ4n) is 1.89. The topological polar surface area (TPSA) is 21.3 Å². The van der Waals surface area contributed by atoms with Crippen molar-refractivity contribution in [3.63, 3.8) is 0 Å². The van der Waals surface area contributed by atoms with Gasteiger partial charge >= 0.3 is 0 Å². The van der Waals surface area contributed by atoms with Crippen LogP contribution < -0.4 is 10.1 Å². The van der Waals surface area contributed by atoms with E-state index in [1.807, 2.05) is 25.2 Å². The van der Waals surface area contributed by atoms with Crippen LogP contribution in [-0.4, -0.2) is 20.2 Å². The van der Waals surface area contributed by atoms with Gasteiger partial charge in [-0.2, -0.15) is 0 Å². The number of hydrogen-bond donors (Lipinski definition) is 1. The molecule has 76 valence electrons. The average Bonchev–Trinajstić information content (AvgIpc) is 2.19. The van der Waals surface area contributed by atoms with Gasteiger partial charge in [-0.15, -0.1) is 0 Å². The number of likely N-dealkylation sites (N-methyl/N-ethyl adjacent to an activating group) is 1. The molecule has 1 unspecified atom stereocenters. The Balaban J connectivity index is 2.32. The van der Waals surface area contributed by atoms with Gasteiger partial charge in [0.2, 0.25) is 0 Å². The van der Waals surface area contributed by atoms with E-state index in [2.05, 4.69) is 5.32 Å². The number of halogens is 1. The summed E-state index contributed by atoms with van der Waals surface area (Å²) >= 11 is 5.97. The minimum Gasteiger partial charge on any atom is -0.493 e. The maximum Gasteiger partial charge on any atom is 0.122 e. The Hall–Kier alpha value is -0.730. The Morgan fingerprint density at radius 2 is 2.43 bits per heavy atom. The summed E-state index contributed by atoms with van der Waals surface area (Å²) in [6.07, 6.45) is 1.06. The van der Waals surface area contributed by atoms with Crippen LogP contribution in [0.15, 0.2) is 18.2 Å². The van der Waals surface area contributed by atoms with E-state index in [-0.39, 0.29) is 0 Å². The van der Waals surface area contributed by atoms with Crippen molar-refractivity contribution >= 4 is 11.6 Å². The molecule has 0 spiro atoms. The Kier molecular flexibility index (Phi) is 2.94. The van der Waals surface area contributed by atoms with E-state index in [0.29, 0.717) is 5.92 Å². The van der Waals surface area contributed by atoms with Gasteiger partial charge in [-0.25, -0.2) is 0 Å². The Bertz CT molecular complexity index is 327. The molecular formula is C11H14ClNO. The first-order valence-corrected chi connectivity index (χ1v) is 5.26. The first-order chi connectivity index (χ1) is 6.81. The molecule has 2 nitrogen and oxygen atoms in total. The Labute approximate surface area is 89.2 Å². The second kappa shape index (κ2) is 4.20. The lowest BCUT2D eigenvalue weighted by Crippen LogP contribution is -2.23. The molecule has 14 heavy (non-hydrogen) atoms. The van der Waals surface area contributed by atoms with Crippen LogP contribution in [0.3, 0.4) is 0 Å². The molecule has 0 fully saturated rings.